The van der Waals surface area contributed by atoms with Crippen LogP contribution in [0.4, 0.5) is 4.79 Å². The summed E-state index contributed by atoms with van der Waals surface area (Å²) in [6, 6.07) is 7.79. The minimum absolute atomic E-state index is 0.142. The van der Waals surface area contributed by atoms with Crippen molar-refractivity contribution in [3.63, 3.8) is 0 Å². The van der Waals surface area contributed by atoms with Gasteiger partial charge in [-0.2, -0.15) is 0 Å². The molecule has 2 atom stereocenters. The minimum Gasteiger partial charge on any atom is -0.497 e. The van der Waals surface area contributed by atoms with Gasteiger partial charge in [-0.3, -0.25) is 0 Å². The number of hydrogen-bond donors (Lipinski definition) is 3. The van der Waals surface area contributed by atoms with Crippen molar-refractivity contribution in [3.05, 3.63) is 29.8 Å². The average molecular weight is 334 g/mol. The van der Waals surface area contributed by atoms with Crippen molar-refractivity contribution < 1.29 is 14.6 Å². The third-order valence-corrected chi connectivity index (χ3v) is 4.87. The van der Waals surface area contributed by atoms with Crippen molar-refractivity contribution in [1.82, 2.24) is 10.6 Å². The first-order chi connectivity index (χ1) is 11.4. The number of benzene rings is 1. The zero-order valence-electron chi connectivity index (χ0n) is 15.0. The van der Waals surface area contributed by atoms with Crippen LogP contribution in [0.1, 0.15) is 45.1 Å². The number of ether oxygens (including phenoxy) is 1. The van der Waals surface area contributed by atoms with E-state index in [1.54, 1.807) is 7.11 Å². The van der Waals surface area contributed by atoms with Crippen molar-refractivity contribution in [2.45, 2.75) is 51.0 Å². The molecule has 5 nitrogen and oxygen atoms in total. The Hall–Kier alpha value is -1.75. The van der Waals surface area contributed by atoms with E-state index < -0.39 is 0 Å². The predicted molar refractivity (Wildman–Crippen MR) is 95.4 cm³/mol. The zero-order chi connectivity index (χ0) is 17.6. The number of aliphatic hydroxyl groups is 1. The Labute approximate surface area is 144 Å². The fraction of sp³-hybridized carbons (Fsp3) is 0.632. The highest BCUT2D eigenvalue weighted by atomic mass is 16.5. The van der Waals surface area contributed by atoms with Crippen LogP contribution in [0.2, 0.25) is 0 Å². The second kappa shape index (κ2) is 8.38. The number of nitrogens with one attached hydrogen (secondary N) is 2. The molecule has 5 heteroatoms. The summed E-state index contributed by atoms with van der Waals surface area (Å²) in [6.07, 6.45) is 3.59. The van der Waals surface area contributed by atoms with Crippen LogP contribution in [0.15, 0.2) is 24.3 Å². The van der Waals surface area contributed by atoms with Gasteiger partial charge in [-0.05, 0) is 42.9 Å². The van der Waals surface area contributed by atoms with Gasteiger partial charge in [0.05, 0.1) is 13.2 Å². The van der Waals surface area contributed by atoms with Gasteiger partial charge in [0.25, 0.3) is 0 Å². The van der Waals surface area contributed by atoms with Gasteiger partial charge < -0.3 is 20.5 Å². The summed E-state index contributed by atoms with van der Waals surface area (Å²) in [6.45, 7) is 5.39. The van der Waals surface area contributed by atoms with E-state index in [2.05, 4.69) is 24.5 Å². The molecule has 134 valence electrons. The van der Waals surface area contributed by atoms with Gasteiger partial charge in [0, 0.05) is 18.5 Å². The summed E-state index contributed by atoms with van der Waals surface area (Å²) in [5.74, 6) is 1.21. The third kappa shape index (κ3) is 5.41. The molecule has 2 rings (SSSR count). The standard InChI is InChI=1S/C19H30N2O3/c1-19(2,15-7-9-17(24-3)10-8-15)13-21-18(23)20-12-14-5-4-6-16(22)11-14/h7-10,14,16,22H,4-6,11-13H2,1-3H3,(H2,20,21,23). The quantitative estimate of drug-likeness (QED) is 0.749. The molecule has 1 aliphatic carbocycles. The van der Waals surface area contributed by atoms with E-state index in [0.717, 1.165) is 37.0 Å². The van der Waals surface area contributed by atoms with Crippen LogP contribution in [0, 0.1) is 5.92 Å². The monoisotopic (exact) mass is 334 g/mol. The molecule has 24 heavy (non-hydrogen) atoms. The number of carbonyl (C=O) groups excluding carboxylic acids is 1. The van der Waals surface area contributed by atoms with E-state index in [-0.39, 0.29) is 17.6 Å². The first-order valence-electron chi connectivity index (χ1n) is 8.75. The number of hydrogen-bond acceptors (Lipinski definition) is 3. The van der Waals surface area contributed by atoms with E-state index in [1.165, 1.54) is 0 Å². The second-order valence-corrected chi connectivity index (χ2v) is 7.36. The number of amides is 2. The summed E-state index contributed by atoms with van der Waals surface area (Å²) in [5, 5.41) is 15.6. The zero-order valence-corrected chi connectivity index (χ0v) is 15.0. The van der Waals surface area contributed by atoms with Crippen molar-refractivity contribution in [3.8, 4) is 5.75 Å². The van der Waals surface area contributed by atoms with Gasteiger partial charge in [0.2, 0.25) is 0 Å². The van der Waals surface area contributed by atoms with E-state index in [4.69, 9.17) is 4.74 Å². The van der Waals surface area contributed by atoms with Gasteiger partial charge in [-0.25, -0.2) is 4.79 Å². The topological polar surface area (TPSA) is 70.6 Å². The molecule has 2 amide bonds. The van der Waals surface area contributed by atoms with E-state index in [0.29, 0.717) is 19.0 Å². The van der Waals surface area contributed by atoms with Gasteiger partial charge in [-0.15, -0.1) is 0 Å². The second-order valence-electron chi connectivity index (χ2n) is 7.36. The van der Waals surface area contributed by atoms with Crippen LogP contribution in [-0.4, -0.2) is 37.4 Å². The number of methoxy groups -OCH3 is 1. The molecule has 2 unspecified atom stereocenters. The fourth-order valence-corrected chi connectivity index (χ4v) is 3.19. The predicted octanol–water partition coefficient (Wildman–Crippen LogP) is 2.82. The van der Waals surface area contributed by atoms with Gasteiger partial charge in [0.15, 0.2) is 0 Å². The highest BCUT2D eigenvalue weighted by Gasteiger charge is 2.23. The molecule has 0 radical (unpaired) electrons. The number of rotatable bonds is 6. The Balaban J connectivity index is 1.77. The molecule has 3 N–H and O–H groups in total. The van der Waals surface area contributed by atoms with Crippen LogP contribution in [0.25, 0.3) is 0 Å². The smallest absolute Gasteiger partial charge is 0.314 e. The normalized spacial score (nSPS) is 21.2. The molecule has 0 aliphatic heterocycles. The van der Waals surface area contributed by atoms with E-state index >= 15 is 0 Å². The van der Waals surface area contributed by atoms with Crippen LogP contribution in [-0.2, 0) is 5.41 Å². The highest BCUT2D eigenvalue weighted by molar-refractivity contribution is 5.73. The Morgan fingerprint density at radius 2 is 1.96 bits per heavy atom. The van der Waals surface area contributed by atoms with Crippen molar-refractivity contribution in [1.29, 1.82) is 0 Å². The Morgan fingerprint density at radius 1 is 1.25 bits per heavy atom. The van der Waals surface area contributed by atoms with Gasteiger partial charge in [0.1, 0.15) is 5.75 Å². The lowest BCUT2D eigenvalue weighted by molar-refractivity contribution is 0.101. The molecule has 1 aromatic carbocycles. The maximum atomic E-state index is 12.0. The molecular formula is C19H30N2O3. The van der Waals surface area contributed by atoms with Crippen LogP contribution in [0.5, 0.6) is 5.75 Å². The van der Waals surface area contributed by atoms with Gasteiger partial charge >= 0.3 is 6.03 Å². The molecule has 0 heterocycles. The molecule has 1 aromatic rings. The fourth-order valence-electron chi connectivity index (χ4n) is 3.19. The summed E-state index contributed by atoms with van der Waals surface area (Å²) in [4.78, 5) is 12.0. The van der Waals surface area contributed by atoms with Gasteiger partial charge in [-0.1, -0.05) is 32.4 Å². The molecule has 0 bridgehead atoms. The maximum absolute atomic E-state index is 12.0. The molecule has 1 saturated carbocycles. The maximum Gasteiger partial charge on any atom is 0.314 e. The van der Waals surface area contributed by atoms with Crippen LogP contribution >= 0.6 is 0 Å². The van der Waals surface area contributed by atoms with E-state index in [1.807, 2.05) is 24.3 Å². The molecule has 0 aromatic heterocycles. The molecular weight excluding hydrogens is 304 g/mol. The van der Waals surface area contributed by atoms with Crippen LogP contribution < -0.4 is 15.4 Å². The molecule has 0 saturated heterocycles. The first-order valence-corrected chi connectivity index (χ1v) is 8.75. The largest absolute Gasteiger partial charge is 0.497 e. The van der Waals surface area contributed by atoms with Crippen molar-refractivity contribution >= 4 is 6.03 Å². The lowest BCUT2D eigenvalue weighted by Crippen LogP contribution is -2.44. The number of urea groups is 1. The molecule has 1 fully saturated rings. The Morgan fingerprint density at radius 3 is 2.58 bits per heavy atom. The Kier molecular flexibility index (Phi) is 6.49. The SMILES string of the molecule is COc1ccc(C(C)(C)CNC(=O)NCC2CCCC(O)C2)cc1. The van der Waals surface area contributed by atoms with Crippen LogP contribution in [0.3, 0.4) is 0 Å². The van der Waals surface area contributed by atoms with E-state index in [9.17, 15) is 9.90 Å². The minimum atomic E-state index is -0.206. The van der Waals surface area contributed by atoms with Crippen molar-refractivity contribution in [2.24, 2.45) is 5.92 Å². The summed E-state index contributed by atoms with van der Waals surface area (Å²) >= 11 is 0. The number of aliphatic hydroxyl groups excluding tert-OH is 1. The molecule has 1 aliphatic rings. The first kappa shape index (κ1) is 18.6. The third-order valence-electron chi connectivity index (χ3n) is 4.87. The molecule has 0 spiro atoms. The summed E-state index contributed by atoms with van der Waals surface area (Å²) in [7, 11) is 1.65. The number of carbonyl (C=O) groups is 1. The lowest BCUT2D eigenvalue weighted by atomic mass is 9.84. The Bertz CT molecular complexity index is 528. The lowest BCUT2D eigenvalue weighted by Gasteiger charge is -2.27. The summed E-state index contributed by atoms with van der Waals surface area (Å²) in [5.41, 5.74) is 0.990. The average Bonchev–Trinajstić information content (AvgIpc) is 2.58. The highest BCUT2D eigenvalue weighted by Crippen LogP contribution is 2.25. The van der Waals surface area contributed by atoms with Crippen molar-refractivity contribution in [2.75, 3.05) is 20.2 Å². The summed E-state index contributed by atoms with van der Waals surface area (Å²) < 4.78 is 5.18.